The van der Waals surface area contributed by atoms with Gasteiger partial charge in [0.2, 0.25) is 0 Å². The lowest BCUT2D eigenvalue weighted by atomic mass is 10.2. The zero-order valence-corrected chi connectivity index (χ0v) is 10.7. The van der Waals surface area contributed by atoms with Gasteiger partial charge in [-0.3, -0.25) is 4.98 Å². The van der Waals surface area contributed by atoms with Gasteiger partial charge in [0.25, 0.3) is 0 Å². The van der Waals surface area contributed by atoms with Crippen LogP contribution in [-0.2, 0) is 0 Å². The van der Waals surface area contributed by atoms with Crippen molar-refractivity contribution >= 4 is 22.2 Å². The Morgan fingerprint density at radius 1 is 1.24 bits per heavy atom. The number of hydrogen-bond acceptors (Lipinski definition) is 5. The molecule has 2 aromatic rings. The second-order valence-corrected chi connectivity index (χ2v) is 4.57. The first-order valence-corrected chi connectivity index (χ1v) is 5.97. The van der Waals surface area contributed by atoms with Crippen molar-refractivity contribution in [3.63, 3.8) is 0 Å². The van der Waals surface area contributed by atoms with Crippen molar-refractivity contribution in [1.29, 1.82) is 5.26 Å². The summed E-state index contributed by atoms with van der Waals surface area (Å²) >= 11 is 1.30. The van der Waals surface area contributed by atoms with Gasteiger partial charge in [-0.2, -0.15) is 9.64 Å². The van der Waals surface area contributed by atoms with Crippen LogP contribution < -0.4 is 5.32 Å². The minimum absolute atomic E-state index is 0.606. The fraction of sp³-hybridized carbons (Fsp3) is 0.250. The van der Waals surface area contributed by atoms with Gasteiger partial charge in [-0.1, -0.05) is 0 Å². The Hall–Kier alpha value is -1.93. The number of pyridine rings is 1. The zero-order valence-electron chi connectivity index (χ0n) is 9.90. The van der Waals surface area contributed by atoms with Crippen molar-refractivity contribution in [2.45, 2.75) is 20.8 Å². The van der Waals surface area contributed by atoms with Gasteiger partial charge in [0.1, 0.15) is 16.6 Å². The first kappa shape index (κ1) is 11.6. The van der Waals surface area contributed by atoms with E-state index in [1.165, 1.54) is 11.5 Å². The van der Waals surface area contributed by atoms with Crippen molar-refractivity contribution in [2.75, 3.05) is 5.32 Å². The highest BCUT2D eigenvalue weighted by Crippen LogP contribution is 2.28. The van der Waals surface area contributed by atoms with Gasteiger partial charge >= 0.3 is 0 Å². The molecule has 0 spiro atoms. The molecule has 0 unspecified atom stereocenters. The summed E-state index contributed by atoms with van der Waals surface area (Å²) in [5.41, 5.74) is 4.18. The van der Waals surface area contributed by atoms with Crippen LogP contribution in [0, 0.1) is 32.1 Å². The van der Waals surface area contributed by atoms with Crippen LogP contribution in [0.15, 0.2) is 12.1 Å². The predicted octanol–water partition coefficient (Wildman–Crippen LogP) is 3.08. The summed E-state index contributed by atoms with van der Waals surface area (Å²) in [5, 5.41) is 13.0. The molecule has 17 heavy (non-hydrogen) atoms. The minimum atomic E-state index is 0.606. The van der Waals surface area contributed by atoms with Gasteiger partial charge in [0.15, 0.2) is 0 Å². The van der Waals surface area contributed by atoms with E-state index in [-0.39, 0.29) is 0 Å². The molecule has 0 saturated carbocycles. The Kier molecular flexibility index (Phi) is 3.07. The highest BCUT2D eigenvalue weighted by Gasteiger charge is 2.11. The molecule has 2 aromatic heterocycles. The summed E-state index contributed by atoms with van der Waals surface area (Å²) < 4.78 is 4.17. The quantitative estimate of drug-likeness (QED) is 0.881. The lowest BCUT2D eigenvalue weighted by Gasteiger charge is -2.07. The van der Waals surface area contributed by atoms with Crippen molar-refractivity contribution in [2.24, 2.45) is 0 Å². The Labute approximate surface area is 104 Å². The Bertz CT molecular complexity index is 595. The van der Waals surface area contributed by atoms with E-state index >= 15 is 0 Å². The van der Waals surface area contributed by atoms with Crippen LogP contribution >= 0.6 is 11.5 Å². The van der Waals surface area contributed by atoms with Crippen molar-refractivity contribution in [3.05, 3.63) is 34.8 Å². The van der Waals surface area contributed by atoms with Crippen LogP contribution in [0.25, 0.3) is 0 Å². The highest BCUT2D eigenvalue weighted by molar-refractivity contribution is 7.10. The highest BCUT2D eigenvalue weighted by atomic mass is 32.1. The van der Waals surface area contributed by atoms with Crippen LogP contribution in [0.1, 0.15) is 22.6 Å². The number of anilines is 2. The second kappa shape index (κ2) is 4.52. The van der Waals surface area contributed by atoms with Crippen molar-refractivity contribution < 1.29 is 0 Å². The summed E-state index contributed by atoms with van der Waals surface area (Å²) in [6.45, 7) is 5.73. The topological polar surface area (TPSA) is 61.6 Å². The number of hydrogen-bond donors (Lipinski definition) is 1. The second-order valence-electron chi connectivity index (χ2n) is 3.79. The maximum Gasteiger partial charge on any atom is 0.132 e. The molecule has 1 N–H and O–H groups in total. The fourth-order valence-corrected chi connectivity index (χ4v) is 2.29. The number of rotatable bonds is 2. The maximum absolute atomic E-state index is 9.04. The number of nitrogens with one attached hydrogen (secondary N) is 1. The van der Waals surface area contributed by atoms with Gasteiger partial charge in [0.05, 0.1) is 17.1 Å². The van der Waals surface area contributed by atoms with Gasteiger partial charge < -0.3 is 5.32 Å². The molecule has 0 atom stereocenters. The summed E-state index contributed by atoms with van der Waals surface area (Å²) in [5.74, 6) is 0. The summed E-state index contributed by atoms with van der Waals surface area (Å²) in [4.78, 5) is 4.37. The summed E-state index contributed by atoms with van der Waals surface area (Å²) in [6, 6.07) is 6.07. The third-order valence-corrected chi connectivity index (χ3v) is 3.30. The SMILES string of the molecule is Cc1ccc(Nc2snc(C)c2C#N)c(C)n1. The predicted molar refractivity (Wildman–Crippen MR) is 68.6 cm³/mol. The number of nitrogens with zero attached hydrogens (tertiary/aromatic N) is 3. The standard InChI is InChI=1S/C12H12N4S/c1-7-4-5-11(9(3)14-7)15-12-10(6-13)8(2)16-17-12/h4-5,15H,1-3H3. The Balaban J connectivity index is 2.35. The number of nitriles is 1. The molecule has 0 aliphatic carbocycles. The third kappa shape index (κ3) is 2.27. The van der Waals surface area contributed by atoms with E-state index in [0.717, 1.165) is 27.8 Å². The van der Waals surface area contributed by atoms with Gasteiger partial charge in [-0.05, 0) is 44.4 Å². The fourth-order valence-electron chi connectivity index (χ4n) is 1.53. The zero-order chi connectivity index (χ0) is 12.4. The lowest BCUT2D eigenvalue weighted by Crippen LogP contribution is -1.96. The average Bonchev–Trinajstić information content (AvgIpc) is 2.63. The van der Waals surface area contributed by atoms with Crippen molar-refractivity contribution in [1.82, 2.24) is 9.36 Å². The molecule has 0 aliphatic rings. The summed E-state index contributed by atoms with van der Waals surface area (Å²) in [6.07, 6.45) is 0. The van der Waals surface area contributed by atoms with Gasteiger partial charge in [-0.25, -0.2) is 0 Å². The smallest absolute Gasteiger partial charge is 0.132 e. The van der Waals surface area contributed by atoms with E-state index in [9.17, 15) is 0 Å². The van der Waals surface area contributed by atoms with Crippen LogP contribution in [0.3, 0.4) is 0 Å². The van der Waals surface area contributed by atoms with E-state index in [4.69, 9.17) is 5.26 Å². The Morgan fingerprint density at radius 2 is 2.00 bits per heavy atom. The first-order valence-electron chi connectivity index (χ1n) is 5.19. The molecule has 0 fully saturated rings. The largest absolute Gasteiger partial charge is 0.343 e. The third-order valence-electron chi connectivity index (χ3n) is 2.45. The molecule has 86 valence electrons. The molecule has 0 bridgehead atoms. The molecule has 5 heteroatoms. The molecule has 0 aromatic carbocycles. The summed E-state index contributed by atoms with van der Waals surface area (Å²) in [7, 11) is 0. The van der Waals surface area contributed by atoms with Crippen LogP contribution in [-0.4, -0.2) is 9.36 Å². The van der Waals surface area contributed by atoms with E-state index in [1.807, 2.05) is 32.9 Å². The number of aryl methyl sites for hydroxylation is 3. The van der Waals surface area contributed by atoms with Gasteiger partial charge in [0, 0.05) is 5.69 Å². The average molecular weight is 244 g/mol. The molecule has 0 radical (unpaired) electrons. The minimum Gasteiger partial charge on any atom is -0.343 e. The van der Waals surface area contributed by atoms with E-state index < -0.39 is 0 Å². The molecule has 2 rings (SSSR count). The van der Waals surface area contributed by atoms with E-state index in [1.54, 1.807) is 0 Å². The maximum atomic E-state index is 9.04. The van der Waals surface area contributed by atoms with Crippen molar-refractivity contribution in [3.8, 4) is 6.07 Å². The first-order chi connectivity index (χ1) is 8.11. The number of aromatic nitrogens is 2. The molecule has 0 saturated heterocycles. The molecule has 0 aliphatic heterocycles. The van der Waals surface area contributed by atoms with Gasteiger partial charge in [-0.15, -0.1) is 0 Å². The van der Waals surface area contributed by atoms with Crippen LogP contribution in [0.2, 0.25) is 0 Å². The monoisotopic (exact) mass is 244 g/mol. The molecule has 2 heterocycles. The van der Waals surface area contributed by atoms with E-state index in [2.05, 4.69) is 20.7 Å². The van der Waals surface area contributed by atoms with Crippen LogP contribution in [0.5, 0.6) is 0 Å². The molecule has 4 nitrogen and oxygen atoms in total. The lowest BCUT2D eigenvalue weighted by molar-refractivity contribution is 1.12. The normalized spacial score (nSPS) is 10.0. The molecule has 0 amide bonds. The molecular formula is C12H12N4S. The Morgan fingerprint density at radius 3 is 2.65 bits per heavy atom. The van der Waals surface area contributed by atoms with E-state index in [0.29, 0.717) is 5.56 Å². The van der Waals surface area contributed by atoms with Crippen LogP contribution in [0.4, 0.5) is 10.7 Å². The molecular weight excluding hydrogens is 232 g/mol.